The molecule has 0 spiro atoms. The molecular formula is C20H17N3O5. The summed E-state index contributed by atoms with van der Waals surface area (Å²) in [6, 6.07) is 14.5. The Kier molecular flexibility index (Phi) is 4.67. The van der Waals surface area contributed by atoms with E-state index in [2.05, 4.69) is 10.3 Å². The quantitative estimate of drug-likeness (QED) is 0.695. The predicted molar refractivity (Wildman–Crippen MR) is 101 cm³/mol. The molecule has 0 aliphatic carbocycles. The number of carbonyl (C=O) groups is 1. The molecule has 28 heavy (non-hydrogen) atoms. The number of hydrogen-bond donors (Lipinski definition) is 2. The number of nitrogens with zero attached hydrogens (tertiary/aromatic N) is 1. The lowest BCUT2D eigenvalue weighted by atomic mass is 10.2. The van der Waals surface area contributed by atoms with Crippen molar-refractivity contribution >= 4 is 5.91 Å². The molecule has 142 valence electrons. The largest absolute Gasteiger partial charge is 0.454 e. The van der Waals surface area contributed by atoms with Crippen molar-refractivity contribution in [2.75, 3.05) is 6.79 Å². The van der Waals surface area contributed by atoms with E-state index < -0.39 is 17.2 Å². The molecule has 0 saturated heterocycles. The Hall–Kier alpha value is -3.81. The predicted octanol–water partition coefficient (Wildman–Crippen LogP) is 1.24. The molecule has 1 aromatic heterocycles. The fourth-order valence-corrected chi connectivity index (χ4v) is 2.91. The molecule has 0 saturated carbocycles. The van der Waals surface area contributed by atoms with Crippen LogP contribution in [0.3, 0.4) is 0 Å². The first-order valence-corrected chi connectivity index (χ1v) is 8.65. The van der Waals surface area contributed by atoms with Crippen LogP contribution in [0.15, 0.2) is 64.3 Å². The number of H-pyrrole nitrogens is 1. The number of rotatable bonds is 5. The van der Waals surface area contributed by atoms with Crippen molar-refractivity contribution in [3.63, 3.8) is 0 Å². The Morgan fingerprint density at radius 2 is 1.82 bits per heavy atom. The smallest absolute Gasteiger partial charge is 0.328 e. The Balaban J connectivity index is 1.56. The number of fused-ring (bicyclic) bond motifs is 1. The molecule has 1 aliphatic heterocycles. The van der Waals surface area contributed by atoms with Crippen molar-refractivity contribution in [2.45, 2.75) is 13.1 Å². The SMILES string of the molecule is O=C(NCc1ccccc1)c1c[nH]c(=O)n(Cc2ccc3c(c2)OCO3)c1=O. The molecular weight excluding hydrogens is 362 g/mol. The van der Waals surface area contributed by atoms with Crippen LogP contribution in [0.25, 0.3) is 0 Å². The fourth-order valence-electron chi connectivity index (χ4n) is 2.91. The summed E-state index contributed by atoms with van der Waals surface area (Å²) < 4.78 is 11.5. The average Bonchev–Trinajstić information content (AvgIpc) is 3.18. The van der Waals surface area contributed by atoms with Crippen LogP contribution in [-0.4, -0.2) is 22.3 Å². The van der Waals surface area contributed by atoms with E-state index in [1.807, 2.05) is 30.3 Å². The zero-order chi connectivity index (χ0) is 19.5. The molecule has 1 amide bonds. The van der Waals surface area contributed by atoms with Gasteiger partial charge in [-0.25, -0.2) is 4.79 Å². The molecule has 2 aromatic carbocycles. The van der Waals surface area contributed by atoms with Crippen LogP contribution in [-0.2, 0) is 13.1 Å². The minimum absolute atomic E-state index is 0.00458. The van der Waals surface area contributed by atoms with E-state index in [4.69, 9.17) is 9.47 Å². The molecule has 0 fully saturated rings. The van der Waals surface area contributed by atoms with Gasteiger partial charge in [0, 0.05) is 12.7 Å². The zero-order valence-corrected chi connectivity index (χ0v) is 14.8. The molecule has 8 heteroatoms. The molecule has 0 atom stereocenters. The first-order chi connectivity index (χ1) is 13.6. The number of ether oxygens (including phenoxy) is 2. The van der Waals surface area contributed by atoms with Gasteiger partial charge in [0.2, 0.25) is 6.79 Å². The summed E-state index contributed by atoms with van der Waals surface area (Å²) in [5.74, 6) is 0.613. The Bertz CT molecular complexity index is 1130. The van der Waals surface area contributed by atoms with Crippen molar-refractivity contribution in [1.29, 1.82) is 0 Å². The highest BCUT2D eigenvalue weighted by atomic mass is 16.7. The molecule has 3 aromatic rings. The second kappa shape index (κ2) is 7.43. The van der Waals surface area contributed by atoms with Crippen LogP contribution >= 0.6 is 0 Å². The van der Waals surface area contributed by atoms with Crippen molar-refractivity contribution in [2.24, 2.45) is 0 Å². The van der Waals surface area contributed by atoms with E-state index in [1.54, 1.807) is 18.2 Å². The topological polar surface area (TPSA) is 102 Å². The van der Waals surface area contributed by atoms with Crippen LogP contribution in [0.4, 0.5) is 0 Å². The Morgan fingerprint density at radius 3 is 2.64 bits per heavy atom. The van der Waals surface area contributed by atoms with Crippen molar-refractivity contribution in [3.05, 3.63) is 92.3 Å². The van der Waals surface area contributed by atoms with Crippen molar-refractivity contribution < 1.29 is 14.3 Å². The van der Waals surface area contributed by atoms with Gasteiger partial charge in [-0.15, -0.1) is 0 Å². The lowest BCUT2D eigenvalue weighted by Gasteiger charge is -2.09. The van der Waals surface area contributed by atoms with Crippen LogP contribution in [0.1, 0.15) is 21.5 Å². The maximum absolute atomic E-state index is 12.7. The molecule has 2 N–H and O–H groups in total. The highest BCUT2D eigenvalue weighted by Crippen LogP contribution is 2.32. The first-order valence-electron chi connectivity index (χ1n) is 8.65. The van der Waals surface area contributed by atoms with Gasteiger partial charge in [-0.3, -0.25) is 14.2 Å². The van der Waals surface area contributed by atoms with Gasteiger partial charge < -0.3 is 19.8 Å². The summed E-state index contributed by atoms with van der Waals surface area (Å²) >= 11 is 0. The number of aromatic nitrogens is 2. The second-order valence-electron chi connectivity index (χ2n) is 6.25. The van der Waals surface area contributed by atoms with Gasteiger partial charge in [0.05, 0.1) is 6.54 Å². The maximum Gasteiger partial charge on any atom is 0.328 e. The van der Waals surface area contributed by atoms with Crippen LogP contribution in [0.2, 0.25) is 0 Å². The van der Waals surface area contributed by atoms with Gasteiger partial charge in [-0.05, 0) is 23.3 Å². The third kappa shape index (κ3) is 3.52. The minimum atomic E-state index is -0.660. The van der Waals surface area contributed by atoms with E-state index >= 15 is 0 Å². The highest BCUT2D eigenvalue weighted by Gasteiger charge is 2.17. The van der Waals surface area contributed by atoms with Gasteiger partial charge in [0.1, 0.15) is 5.56 Å². The summed E-state index contributed by atoms with van der Waals surface area (Å²) in [5.41, 5.74) is 0.199. The molecule has 2 heterocycles. The monoisotopic (exact) mass is 379 g/mol. The lowest BCUT2D eigenvalue weighted by molar-refractivity contribution is 0.0948. The van der Waals surface area contributed by atoms with Crippen LogP contribution in [0, 0.1) is 0 Å². The summed E-state index contributed by atoms with van der Waals surface area (Å²) in [5, 5.41) is 2.69. The Morgan fingerprint density at radius 1 is 1.04 bits per heavy atom. The highest BCUT2D eigenvalue weighted by molar-refractivity contribution is 5.93. The molecule has 0 unspecified atom stereocenters. The molecule has 0 bridgehead atoms. The van der Waals surface area contributed by atoms with E-state index in [-0.39, 0.29) is 25.4 Å². The van der Waals surface area contributed by atoms with Gasteiger partial charge >= 0.3 is 5.69 Å². The van der Waals surface area contributed by atoms with E-state index in [1.165, 1.54) is 0 Å². The zero-order valence-electron chi connectivity index (χ0n) is 14.8. The summed E-state index contributed by atoms with van der Waals surface area (Å²) in [6.45, 7) is 0.418. The van der Waals surface area contributed by atoms with Gasteiger partial charge in [0.15, 0.2) is 11.5 Å². The minimum Gasteiger partial charge on any atom is -0.454 e. The number of nitrogens with one attached hydrogen (secondary N) is 2. The number of amides is 1. The van der Waals surface area contributed by atoms with Crippen molar-refractivity contribution in [1.82, 2.24) is 14.9 Å². The summed E-state index contributed by atoms with van der Waals surface area (Å²) in [7, 11) is 0. The van der Waals surface area contributed by atoms with E-state index in [9.17, 15) is 14.4 Å². The second-order valence-corrected chi connectivity index (χ2v) is 6.25. The van der Waals surface area contributed by atoms with Gasteiger partial charge in [-0.1, -0.05) is 36.4 Å². The Labute approximate surface area is 159 Å². The number of benzene rings is 2. The molecule has 4 rings (SSSR count). The van der Waals surface area contributed by atoms with Crippen LogP contribution < -0.4 is 26.0 Å². The standard InChI is InChI=1S/C20H17N3O5/c24-18(21-9-13-4-2-1-3-5-13)15-10-22-20(26)23(19(15)25)11-14-6-7-16-17(8-14)28-12-27-16/h1-8,10H,9,11-12H2,(H,21,24)(H,22,26). The molecule has 0 radical (unpaired) electrons. The number of hydrogen-bond acceptors (Lipinski definition) is 5. The third-order valence-corrected chi connectivity index (χ3v) is 4.38. The van der Waals surface area contributed by atoms with Crippen LogP contribution in [0.5, 0.6) is 11.5 Å². The fraction of sp³-hybridized carbons (Fsp3) is 0.150. The van der Waals surface area contributed by atoms with Crippen molar-refractivity contribution in [3.8, 4) is 11.5 Å². The molecule has 1 aliphatic rings. The van der Waals surface area contributed by atoms with Gasteiger partial charge in [0.25, 0.3) is 11.5 Å². The normalized spacial score (nSPS) is 12.0. The maximum atomic E-state index is 12.7. The third-order valence-electron chi connectivity index (χ3n) is 4.38. The van der Waals surface area contributed by atoms with E-state index in [0.29, 0.717) is 17.1 Å². The number of carbonyl (C=O) groups excluding carboxylic acids is 1. The summed E-state index contributed by atoms with van der Waals surface area (Å²) in [6.07, 6.45) is 1.14. The van der Waals surface area contributed by atoms with Gasteiger partial charge in [-0.2, -0.15) is 0 Å². The van der Waals surface area contributed by atoms with E-state index in [0.717, 1.165) is 16.3 Å². The molecule has 8 nitrogen and oxygen atoms in total. The lowest BCUT2D eigenvalue weighted by Crippen LogP contribution is -2.40. The number of aromatic amines is 1. The first kappa shape index (κ1) is 17.6. The average molecular weight is 379 g/mol. The summed E-state index contributed by atoms with van der Waals surface area (Å²) in [4.78, 5) is 39.7.